The third-order valence-electron chi connectivity index (χ3n) is 5.33. The summed E-state index contributed by atoms with van der Waals surface area (Å²) in [5, 5.41) is 6.27. The lowest BCUT2D eigenvalue weighted by Crippen LogP contribution is -2.02. The molecule has 1 nitrogen and oxygen atoms in total. The summed E-state index contributed by atoms with van der Waals surface area (Å²) in [4.78, 5) is 0.864. The van der Waals surface area contributed by atoms with Crippen molar-refractivity contribution in [3.05, 3.63) is 120 Å². The molecule has 0 amide bonds. The molecular formula is C28H20OS. The first-order chi connectivity index (χ1) is 14.8. The van der Waals surface area contributed by atoms with Gasteiger partial charge in [0.2, 0.25) is 0 Å². The van der Waals surface area contributed by atoms with E-state index in [0.717, 1.165) is 37.7 Å². The number of hydrogen-bond donors (Lipinski definition) is 0. The van der Waals surface area contributed by atoms with Crippen LogP contribution in [0, 0.1) is 0 Å². The van der Waals surface area contributed by atoms with Crippen molar-refractivity contribution < 1.29 is 4.55 Å². The highest BCUT2D eigenvalue weighted by molar-refractivity contribution is 7.94. The van der Waals surface area contributed by atoms with E-state index in [2.05, 4.69) is 48.5 Å². The van der Waals surface area contributed by atoms with Gasteiger partial charge in [0.05, 0.1) is 0 Å². The van der Waals surface area contributed by atoms with Crippen molar-refractivity contribution in [3.63, 3.8) is 0 Å². The molecule has 30 heavy (non-hydrogen) atoms. The Bertz CT molecular complexity index is 1340. The number of hydrogen-bond acceptors (Lipinski definition) is 1. The van der Waals surface area contributed by atoms with E-state index in [1.807, 2.05) is 66.7 Å². The molecule has 144 valence electrons. The van der Waals surface area contributed by atoms with Crippen LogP contribution in [0.5, 0.6) is 0 Å². The Morgan fingerprint density at radius 1 is 0.533 bits per heavy atom. The van der Waals surface area contributed by atoms with E-state index in [1.54, 1.807) is 5.41 Å². The van der Waals surface area contributed by atoms with E-state index in [1.165, 1.54) is 5.39 Å². The van der Waals surface area contributed by atoms with E-state index in [-0.39, 0.29) is 0 Å². The molecule has 0 aliphatic heterocycles. The average molecular weight is 405 g/mol. The molecule has 0 aliphatic rings. The SMILES string of the molecule is [O-][S+](/C=C/c1ccccc1)c1c(-c2ccccc2)c2ccccc2c2ccccc12. The van der Waals surface area contributed by atoms with Gasteiger partial charge in [-0.2, -0.15) is 0 Å². The molecule has 2 heteroatoms. The molecule has 5 aromatic rings. The van der Waals surface area contributed by atoms with Crippen LogP contribution in [0.4, 0.5) is 0 Å². The maximum absolute atomic E-state index is 13.7. The third kappa shape index (κ3) is 3.41. The second-order valence-corrected chi connectivity index (χ2v) is 8.45. The number of rotatable bonds is 4. The van der Waals surface area contributed by atoms with Gasteiger partial charge in [-0.15, -0.1) is 0 Å². The van der Waals surface area contributed by atoms with Gasteiger partial charge in [-0.25, -0.2) is 0 Å². The largest absolute Gasteiger partial charge is 0.607 e. The molecule has 0 aromatic heterocycles. The van der Waals surface area contributed by atoms with E-state index >= 15 is 0 Å². The van der Waals surface area contributed by atoms with Crippen molar-refractivity contribution >= 4 is 38.8 Å². The van der Waals surface area contributed by atoms with Crippen LogP contribution in [0.25, 0.3) is 38.7 Å². The van der Waals surface area contributed by atoms with Crippen molar-refractivity contribution in [1.29, 1.82) is 0 Å². The number of benzene rings is 5. The molecule has 0 spiro atoms. The topological polar surface area (TPSA) is 23.1 Å². The Balaban J connectivity index is 1.81. The third-order valence-corrected chi connectivity index (χ3v) is 6.54. The summed E-state index contributed by atoms with van der Waals surface area (Å²) in [5.74, 6) is 0. The van der Waals surface area contributed by atoms with Crippen LogP contribution in [-0.2, 0) is 11.2 Å². The van der Waals surface area contributed by atoms with Gasteiger partial charge >= 0.3 is 0 Å². The van der Waals surface area contributed by atoms with Crippen LogP contribution >= 0.6 is 0 Å². The van der Waals surface area contributed by atoms with Crippen molar-refractivity contribution in [2.24, 2.45) is 0 Å². The minimum atomic E-state index is -1.31. The molecule has 0 radical (unpaired) electrons. The van der Waals surface area contributed by atoms with Crippen molar-refractivity contribution in [3.8, 4) is 11.1 Å². The van der Waals surface area contributed by atoms with E-state index in [0.29, 0.717) is 0 Å². The van der Waals surface area contributed by atoms with Crippen molar-refractivity contribution in [2.45, 2.75) is 4.90 Å². The first kappa shape index (κ1) is 18.7. The number of fused-ring (bicyclic) bond motifs is 3. The molecule has 0 fully saturated rings. The molecule has 1 unspecified atom stereocenters. The molecule has 5 rings (SSSR count). The van der Waals surface area contributed by atoms with Gasteiger partial charge in [-0.05, 0) is 39.4 Å². The predicted molar refractivity (Wildman–Crippen MR) is 129 cm³/mol. The Morgan fingerprint density at radius 3 is 1.70 bits per heavy atom. The van der Waals surface area contributed by atoms with Crippen LogP contribution in [0.2, 0.25) is 0 Å². The molecular weight excluding hydrogens is 384 g/mol. The fourth-order valence-electron chi connectivity index (χ4n) is 3.98. The van der Waals surface area contributed by atoms with Gasteiger partial charge in [0.15, 0.2) is 4.90 Å². The van der Waals surface area contributed by atoms with Crippen LogP contribution in [0.3, 0.4) is 0 Å². The minimum absolute atomic E-state index is 0.864. The summed E-state index contributed by atoms with van der Waals surface area (Å²) >= 11 is -1.31. The van der Waals surface area contributed by atoms with Gasteiger partial charge in [0.25, 0.3) is 0 Å². The molecule has 0 bridgehead atoms. The monoisotopic (exact) mass is 404 g/mol. The highest BCUT2D eigenvalue weighted by Crippen LogP contribution is 2.42. The fraction of sp³-hybridized carbons (Fsp3) is 0. The normalized spacial score (nSPS) is 12.6. The zero-order chi connectivity index (χ0) is 20.3. The lowest BCUT2D eigenvalue weighted by molar-refractivity contribution is 0.605. The molecule has 0 N–H and O–H groups in total. The molecule has 0 saturated heterocycles. The summed E-state index contributed by atoms with van der Waals surface area (Å²) in [6.07, 6.45) is 1.94. The van der Waals surface area contributed by atoms with Crippen LogP contribution in [-0.4, -0.2) is 4.55 Å². The van der Waals surface area contributed by atoms with Gasteiger partial charge in [0.1, 0.15) is 5.41 Å². The first-order valence-corrected chi connectivity index (χ1v) is 11.2. The lowest BCUT2D eigenvalue weighted by Gasteiger charge is -2.17. The van der Waals surface area contributed by atoms with E-state index < -0.39 is 11.2 Å². The van der Waals surface area contributed by atoms with Gasteiger partial charge in [-0.3, -0.25) is 0 Å². The highest BCUT2D eigenvalue weighted by Gasteiger charge is 2.23. The lowest BCUT2D eigenvalue weighted by atomic mass is 9.93. The Kier molecular flexibility index (Phi) is 5.10. The minimum Gasteiger partial charge on any atom is -0.607 e. The van der Waals surface area contributed by atoms with E-state index in [9.17, 15) is 4.55 Å². The molecule has 5 aromatic carbocycles. The van der Waals surface area contributed by atoms with Crippen LogP contribution in [0.15, 0.2) is 119 Å². The van der Waals surface area contributed by atoms with Gasteiger partial charge < -0.3 is 4.55 Å². The predicted octanol–water partition coefficient (Wildman–Crippen LogP) is 7.44. The zero-order valence-electron chi connectivity index (χ0n) is 16.4. The summed E-state index contributed by atoms with van der Waals surface area (Å²) in [6, 6.07) is 36.9. The Labute approximate surface area is 179 Å². The second-order valence-electron chi connectivity index (χ2n) is 7.17. The smallest absolute Gasteiger partial charge is 0.174 e. The van der Waals surface area contributed by atoms with E-state index in [4.69, 9.17) is 0 Å². The first-order valence-electron chi connectivity index (χ1n) is 9.95. The highest BCUT2D eigenvalue weighted by atomic mass is 32.2. The second kappa shape index (κ2) is 8.19. The zero-order valence-corrected chi connectivity index (χ0v) is 17.2. The molecule has 0 heterocycles. The Morgan fingerprint density at radius 2 is 1.03 bits per heavy atom. The maximum atomic E-state index is 13.7. The van der Waals surface area contributed by atoms with Crippen molar-refractivity contribution in [2.75, 3.05) is 0 Å². The maximum Gasteiger partial charge on any atom is 0.174 e. The average Bonchev–Trinajstić information content (AvgIpc) is 2.83. The quantitative estimate of drug-likeness (QED) is 0.225. The molecule has 0 saturated carbocycles. The summed E-state index contributed by atoms with van der Waals surface area (Å²) in [6.45, 7) is 0. The summed E-state index contributed by atoms with van der Waals surface area (Å²) in [5.41, 5.74) is 3.16. The van der Waals surface area contributed by atoms with Gasteiger partial charge in [-0.1, -0.05) is 103 Å². The molecule has 1 atom stereocenters. The molecule has 0 aliphatic carbocycles. The standard InChI is InChI=1S/C28H20OS/c29-30(20-19-21-11-3-1-4-12-21)28-26-18-10-8-16-24(26)23-15-7-9-17-25(23)27(28)22-13-5-2-6-14-22/h1-20H/b20-19+. The Hall–Kier alpha value is -3.33. The summed E-state index contributed by atoms with van der Waals surface area (Å²) in [7, 11) is 0. The van der Waals surface area contributed by atoms with Crippen LogP contribution < -0.4 is 0 Å². The van der Waals surface area contributed by atoms with Gasteiger partial charge in [0, 0.05) is 22.1 Å². The van der Waals surface area contributed by atoms with Crippen molar-refractivity contribution in [1.82, 2.24) is 0 Å². The summed E-state index contributed by atoms with van der Waals surface area (Å²) < 4.78 is 13.7. The van der Waals surface area contributed by atoms with Crippen LogP contribution in [0.1, 0.15) is 5.56 Å². The fourth-order valence-corrected chi connectivity index (χ4v) is 5.22.